The molecule has 0 spiro atoms. The quantitative estimate of drug-likeness (QED) is 0.578. The van der Waals surface area contributed by atoms with Gasteiger partial charge in [0, 0.05) is 7.86 Å². The van der Waals surface area contributed by atoms with Crippen LogP contribution in [-0.2, 0) is 6.29 Å². The molecule has 0 bridgehead atoms. The normalized spacial score (nSPS) is 13.4. The molecule has 1 aromatic heterocycles. The molecular weight excluding hydrogens is 137 g/mol. The number of hydrogen-bond donors (Lipinski definition) is 2. The van der Waals surface area contributed by atoms with Crippen LogP contribution in [0.1, 0.15) is 0 Å². The Bertz CT molecular complexity index is 192. The average Bonchev–Trinajstić information content (AvgIpc) is 2.15. The third kappa shape index (κ3) is 1.95. The molecule has 0 amide bonds. The van der Waals surface area contributed by atoms with Crippen molar-refractivity contribution in [3.05, 3.63) is 12.7 Å². The van der Waals surface area contributed by atoms with E-state index in [9.17, 15) is 0 Å². The zero-order chi connectivity index (χ0) is 6.69. The highest BCUT2D eigenvalue weighted by Crippen LogP contribution is 2.09. The Hall–Kier alpha value is -0.670. The molecule has 0 aromatic carbocycles. The maximum absolute atomic E-state index is 7.04. The molecule has 0 aliphatic rings. The summed E-state index contributed by atoms with van der Waals surface area (Å²) in [7, 11) is -1.45. The maximum atomic E-state index is 7.04. The summed E-state index contributed by atoms with van der Waals surface area (Å²) in [6.07, 6.45) is 3.50. The minimum atomic E-state index is -1.45. The van der Waals surface area contributed by atoms with Crippen LogP contribution in [-0.4, -0.2) is 14.8 Å². The summed E-state index contributed by atoms with van der Waals surface area (Å²) in [4.78, 5) is 3.70. The lowest BCUT2D eigenvalue weighted by molar-refractivity contribution is 0.741. The van der Waals surface area contributed by atoms with E-state index in [0.29, 0.717) is 6.29 Å². The summed E-state index contributed by atoms with van der Waals surface area (Å²) in [5.41, 5.74) is 5.26. The average molecular weight is 145 g/mol. The maximum Gasteiger partial charge on any atom is 0.137 e. The van der Waals surface area contributed by atoms with E-state index < -0.39 is 7.86 Å². The molecule has 6 heteroatoms. The predicted molar refractivity (Wildman–Crippen MR) is 35.2 cm³/mol. The van der Waals surface area contributed by atoms with Crippen molar-refractivity contribution in [2.24, 2.45) is 5.50 Å². The van der Waals surface area contributed by atoms with E-state index in [1.54, 1.807) is 11.0 Å². The van der Waals surface area contributed by atoms with E-state index in [1.807, 2.05) is 0 Å². The van der Waals surface area contributed by atoms with Gasteiger partial charge in [0.2, 0.25) is 0 Å². The fourth-order valence-corrected chi connectivity index (χ4v) is 1.00. The largest absolute Gasteiger partial charge is 0.305 e. The number of nitrogens with one attached hydrogen (secondary N) is 1. The molecule has 9 heavy (non-hydrogen) atoms. The first kappa shape index (κ1) is 6.45. The topological polar surface area (TPSA) is 80.6 Å². The van der Waals surface area contributed by atoms with E-state index in [0.717, 1.165) is 0 Å². The fourth-order valence-electron chi connectivity index (χ4n) is 0.489. The van der Waals surface area contributed by atoms with Crippen LogP contribution in [0.3, 0.4) is 0 Å². The second kappa shape index (κ2) is 2.75. The lowest BCUT2D eigenvalue weighted by Gasteiger charge is -1.95. The summed E-state index contributed by atoms with van der Waals surface area (Å²) < 4.78 is 1.57. The van der Waals surface area contributed by atoms with Crippen LogP contribution in [0.15, 0.2) is 12.7 Å². The van der Waals surface area contributed by atoms with Crippen LogP contribution in [0.4, 0.5) is 0 Å². The lowest BCUT2D eigenvalue weighted by Crippen LogP contribution is -1.96. The summed E-state index contributed by atoms with van der Waals surface area (Å²) >= 11 is 0. The minimum absolute atomic E-state index is 0.505. The van der Waals surface area contributed by atoms with Crippen molar-refractivity contribution in [2.45, 2.75) is 6.29 Å². The number of nitrogens with zero attached hydrogens (tertiary/aromatic N) is 3. The Balaban J connectivity index is 2.58. The Morgan fingerprint density at radius 2 is 2.56 bits per heavy atom. The smallest absolute Gasteiger partial charge is 0.137 e. The van der Waals surface area contributed by atoms with Crippen LogP contribution in [0.25, 0.3) is 0 Å². The second-order valence-corrected chi connectivity index (χ2v) is 2.99. The van der Waals surface area contributed by atoms with Gasteiger partial charge in [-0.2, -0.15) is 5.10 Å². The standard InChI is InChI=1S/C3H8N5P/c4-9(5)3-8-2-6-1-7-8/h1-2,9H,3H2,(H3,4,5). The molecule has 1 unspecified atom stereocenters. The van der Waals surface area contributed by atoms with Crippen LogP contribution >= 0.6 is 7.86 Å². The molecule has 0 aliphatic heterocycles. The zero-order valence-corrected chi connectivity index (χ0v) is 5.78. The molecule has 0 aliphatic carbocycles. The fraction of sp³-hybridized carbons (Fsp3) is 0.333. The van der Waals surface area contributed by atoms with Gasteiger partial charge in [-0.1, -0.05) is 0 Å². The van der Waals surface area contributed by atoms with Crippen molar-refractivity contribution >= 4 is 7.86 Å². The molecule has 0 fully saturated rings. The van der Waals surface area contributed by atoms with Gasteiger partial charge < -0.3 is 5.16 Å². The van der Waals surface area contributed by atoms with E-state index in [2.05, 4.69) is 10.1 Å². The first-order valence-corrected chi connectivity index (χ1v) is 4.23. The van der Waals surface area contributed by atoms with Gasteiger partial charge in [0.15, 0.2) is 0 Å². The molecule has 1 atom stereocenters. The summed E-state index contributed by atoms with van der Waals surface area (Å²) in [5, 5.41) is 10.8. The molecular formula is C3H8N5P. The van der Waals surface area contributed by atoms with Gasteiger partial charge in [0.1, 0.15) is 12.7 Å². The summed E-state index contributed by atoms with van der Waals surface area (Å²) in [6.45, 7) is 0. The third-order valence-corrected chi connectivity index (χ3v) is 1.46. The van der Waals surface area contributed by atoms with Gasteiger partial charge >= 0.3 is 0 Å². The van der Waals surface area contributed by atoms with E-state index in [-0.39, 0.29) is 0 Å². The highest BCUT2D eigenvalue weighted by Gasteiger charge is 1.88. The zero-order valence-electron chi connectivity index (χ0n) is 4.78. The van der Waals surface area contributed by atoms with Crippen molar-refractivity contribution in [3.8, 4) is 0 Å². The highest BCUT2D eigenvalue weighted by molar-refractivity contribution is 7.41. The SMILES string of the molecule is N=[PH](N)Cn1cncn1. The Morgan fingerprint density at radius 3 is 3.00 bits per heavy atom. The van der Waals surface area contributed by atoms with Crippen molar-refractivity contribution in [3.63, 3.8) is 0 Å². The first-order chi connectivity index (χ1) is 4.29. The van der Waals surface area contributed by atoms with Gasteiger partial charge in [-0.05, 0) is 0 Å². The van der Waals surface area contributed by atoms with E-state index >= 15 is 0 Å². The van der Waals surface area contributed by atoms with Gasteiger partial charge in [-0.3, -0.25) is 5.50 Å². The molecule has 0 saturated heterocycles. The molecule has 1 rings (SSSR count). The minimum Gasteiger partial charge on any atom is -0.305 e. The Morgan fingerprint density at radius 1 is 1.78 bits per heavy atom. The predicted octanol–water partition coefficient (Wildman–Crippen LogP) is 0.0859. The van der Waals surface area contributed by atoms with Crippen LogP contribution in [0.5, 0.6) is 0 Å². The molecule has 50 valence electrons. The van der Waals surface area contributed by atoms with Crippen molar-refractivity contribution in [1.29, 1.82) is 5.16 Å². The summed E-state index contributed by atoms with van der Waals surface area (Å²) in [6, 6.07) is 0. The highest BCUT2D eigenvalue weighted by atomic mass is 31.1. The molecule has 0 radical (unpaired) electrons. The van der Waals surface area contributed by atoms with Crippen molar-refractivity contribution < 1.29 is 0 Å². The van der Waals surface area contributed by atoms with Gasteiger partial charge in [-0.25, -0.2) is 9.67 Å². The monoisotopic (exact) mass is 145 g/mol. The number of rotatable bonds is 2. The Kier molecular flexibility index (Phi) is 1.97. The molecule has 1 aromatic rings. The van der Waals surface area contributed by atoms with Crippen molar-refractivity contribution in [2.75, 3.05) is 0 Å². The third-order valence-electron chi connectivity index (χ3n) is 0.799. The number of aromatic nitrogens is 3. The molecule has 3 N–H and O–H groups in total. The second-order valence-electron chi connectivity index (χ2n) is 1.62. The van der Waals surface area contributed by atoms with Gasteiger partial charge in [-0.15, -0.1) is 0 Å². The van der Waals surface area contributed by atoms with Crippen LogP contribution < -0.4 is 5.50 Å². The number of hydrogen-bond acceptors (Lipinski definition) is 3. The Labute approximate surface area is 53.2 Å². The lowest BCUT2D eigenvalue weighted by atomic mass is 11.2. The molecule has 0 saturated carbocycles. The van der Waals surface area contributed by atoms with Gasteiger partial charge in [0.05, 0.1) is 6.29 Å². The van der Waals surface area contributed by atoms with E-state index in [4.69, 9.17) is 10.7 Å². The van der Waals surface area contributed by atoms with E-state index in [1.165, 1.54) is 6.33 Å². The first-order valence-electron chi connectivity index (χ1n) is 2.44. The molecule has 1 heterocycles. The summed E-state index contributed by atoms with van der Waals surface area (Å²) in [5.74, 6) is 0. The van der Waals surface area contributed by atoms with Crippen LogP contribution in [0, 0.1) is 5.16 Å². The van der Waals surface area contributed by atoms with Crippen molar-refractivity contribution in [1.82, 2.24) is 14.8 Å². The van der Waals surface area contributed by atoms with Gasteiger partial charge in [0.25, 0.3) is 0 Å². The number of nitrogens with two attached hydrogens (primary N) is 1. The molecule has 5 nitrogen and oxygen atoms in total. The van der Waals surface area contributed by atoms with Crippen LogP contribution in [0.2, 0.25) is 0 Å².